The summed E-state index contributed by atoms with van der Waals surface area (Å²) < 4.78 is 5.62. The first kappa shape index (κ1) is 18.1. The van der Waals surface area contributed by atoms with Gasteiger partial charge < -0.3 is 4.42 Å². The van der Waals surface area contributed by atoms with E-state index in [1.807, 2.05) is 24.3 Å². The van der Waals surface area contributed by atoms with Crippen molar-refractivity contribution in [1.29, 1.82) is 0 Å². The number of oxazole rings is 1. The lowest BCUT2D eigenvalue weighted by Gasteiger charge is -2.01. The van der Waals surface area contributed by atoms with Gasteiger partial charge in [-0.3, -0.25) is 9.79 Å². The molecule has 0 unspecified atom stereocenters. The van der Waals surface area contributed by atoms with E-state index >= 15 is 0 Å². The van der Waals surface area contributed by atoms with Crippen molar-refractivity contribution in [3.8, 4) is 0 Å². The largest absolute Gasteiger partial charge is 0.432 e. The van der Waals surface area contributed by atoms with E-state index < -0.39 is 0 Å². The molecule has 0 saturated carbocycles. The maximum atomic E-state index is 12.2. The fraction of sp³-hybridized carbons (Fsp3) is 0.318. The minimum Gasteiger partial charge on any atom is -0.432 e. The fourth-order valence-corrected chi connectivity index (χ4v) is 2.91. The lowest BCUT2D eigenvalue weighted by Crippen LogP contribution is -2.00. The second-order valence-electron chi connectivity index (χ2n) is 6.40. The summed E-state index contributed by atoms with van der Waals surface area (Å²) >= 11 is 0. The van der Waals surface area contributed by atoms with Crippen molar-refractivity contribution in [3.63, 3.8) is 0 Å². The number of Topliss-reactive ketones (excluding diaryl/α,β-unsaturated/α-hetero) is 1. The number of rotatable bonds is 9. The number of carbonyl (C=O) groups excluding carboxylic acids is 1. The summed E-state index contributed by atoms with van der Waals surface area (Å²) in [6.45, 7) is 0. The lowest BCUT2D eigenvalue weighted by atomic mass is 10.0. The third-order valence-electron chi connectivity index (χ3n) is 4.37. The molecular weight excluding hydrogens is 324 g/mol. The van der Waals surface area contributed by atoms with Crippen molar-refractivity contribution in [2.24, 2.45) is 4.99 Å². The summed E-state index contributed by atoms with van der Waals surface area (Å²) in [6.07, 6.45) is 15.6. The molecule has 26 heavy (non-hydrogen) atoms. The molecule has 0 amide bonds. The molecule has 0 bridgehead atoms. The third kappa shape index (κ3) is 5.38. The van der Waals surface area contributed by atoms with E-state index in [2.05, 4.69) is 34.2 Å². The molecule has 4 nitrogen and oxygen atoms in total. The average molecular weight is 348 g/mol. The Balaban J connectivity index is 1.38. The number of aromatic nitrogens is 1. The lowest BCUT2D eigenvalue weighted by molar-refractivity contribution is 0.0945. The van der Waals surface area contributed by atoms with Gasteiger partial charge in [0.2, 0.25) is 5.78 Å². The van der Waals surface area contributed by atoms with Crippen LogP contribution in [0.4, 0.5) is 0 Å². The minimum atomic E-state index is -0.0281. The minimum absolute atomic E-state index is 0.0281. The summed E-state index contributed by atoms with van der Waals surface area (Å²) in [7, 11) is 0. The summed E-state index contributed by atoms with van der Waals surface area (Å²) in [5.41, 5.74) is 2.17. The molecule has 2 heterocycles. The molecule has 0 radical (unpaired) electrons. The molecule has 1 aromatic carbocycles. The van der Waals surface area contributed by atoms with Gasteiger partial charge in [-0.05, 0) is 30.9 Å². The third-order valence-corrected chi connectivity index (χ3v) is 4.37. The van der Waals surface area contributed by atoms with Crippen molar-refractivity contribution < 1.29 is 9.21 Å². The fourth-order valence-electron chi connectivity index (χ4n) is 2.91. The Kier molecular flexibility index (Phi) is 6.71. The zero-order valence-electron chi connectivity index (χ0n) is 14.9. The van der Waals surface area contributed by atoms with Crippen molar-refractivity contribution in [3.05, 3.63) is 78.2 Å². The predicted molar refractivity (Wildman–Crippen MR) is 103 cm³/mol. The van der Waals surface area contributed by atoms with Gasteiger partial charge in [0.05, 0.1) is 11.9 Å². The van der Waals surface area contributed by atoms with Crippen LogP contribution in [0.25, 0.3) is 0 Å². The van der Waals surface area contributed by atoms with Gasteiger partial charge in [-0.2, -0.15) is 0 Å². The number of allylic oxidation sites excluding steroid dienone is 3. The molecule has 0 fully saturated rings. The second-order valence-corrected chi connectivity index (χ2v) is 6.40. The van der Waals surface area contributed by atoms with E-state index in [1.165, 1.54) is 5.56 Å². The van der Waals surface area contributed by atoms with Crippen LogP contribution in [0.2, 0.25) is 0 Å². The number of hydrogen-bond donors (Lipinski definition) is 0. The van der Waals surface area contributed by atoms with Crippen LogP contribution in [-0.4, -0.2) is 16.5 Å². The Morgan fingerprint density at radius 3 is 2.77 bits per heavy atom. The number of ketones is 1. The van der Waals surface area contributed by atoms with Gasteiger partial charge in [0, 0.05) is 19.0 Å². The highest BCUT2D eigenvalue weighted by Crippen LogP contribution is 2.14. The Morgan fingerprint density at radius 1 is 1.04 bits per heavy atom. The zero-order chi connectivity index (χ0) is 18.0. The van der Waals surface area contributed by atoms with Crippen molar-refractivity contribution in [2.45, 2.75) is 44.9 Å². The van der Waals surface area contributed by atoms with E-state index in [4.69, 9.17) is 4.42 Å². The van der Waals surface area contributed by atoms with E-state index in [0.29, 0.717) is 18.6 Å². The highest BCUT2D eigenvalue weighted by molar-refractivity contribution is 6.00. The van der Waals surface area contributed by atoms with Crippen LogP contribution >= 0.6 is 0 Å². The van der Waals surface area contributed by atoms with Gasteiger partial charge in [-0.15, -0.1) is 0 Å². The summed E-state index contributed by atoms with van der Waals surface area (Å²) in [5, 5.41) is 0. The Bertz CT molecular complexity index is 801. The number of nitrogens with zero attached hydrogens (tertiary/aromatic N) is 2. The van der Waals surface area contributed by atoms with E-state index in [1.54, 1.807) is 12.4 Å². The first-order valence-corrected chi connectivity index (χ1v) is 9.24. The van der Waals surface area contributed by atoms with Crippen LogP contribution in [0, 0.1) is 0 Å². The molecule has 0 atom stereocenters. The molecule has 3 rings (SSSR count). The highest BCUT2D eigenvalue weighted by Gasteiger charge is 2.15. The van der Waals surface area contributed by atoms with Crippen LogP contribution < -0.4 is 0 Å². The van der Waals surface area contributed by atoms with Crippen molar-refractivity contribution in [1.82, 2.24) is 4.98 Å². The Hall–Kier alpha value is -2.75. The topological polar surface area (TPSA) is 55.5 Å². The van der Waals surface area contributed by atoms with E-state index in [-0.39, 0.29) is 11.7 Å². The van der Waals surface area contributed by atoms with Crippen LogP contribution in [0.3, 0.4) is 0 Å². The summed E-state index contributed by atoms with van der Waals surface area (Å²) in [4.78, 5) is 20.7. The predicted octanol–water partition coefficient (Wildman–Crippen LogP) is 5.31. The first-order valence-electron chi connectivity index (χ1n) is 9.24. The van der Waals surface area contributed by atoms with Gasteiger partial charge in [0.15, 0.2) is 5.76 Å². The Morgan fingerprint density at radius 2 is 1.88 bits per heavy atom. The quantitative estimate of drug-likeness (QED) is 0.455. The highest BCUT2D eigenvalue weighted by atomic mass is 16.4. The standard InChI is InChI=1S/C22H24N2O2/c25-20(15-9-2-1-5-11-18-12-6-3-7-13-18)22-24-17-21(26-22)19-14-8-4-10-16-23-19/h3-4,6-8,10,12-13,16-17H,1-2,5,9,11,14-15H2. The zero-order valence-corrected chi connectivity index (χ0v) is 14.9. The van der Waals surface area contributed by atoms with Crippen LogP contribution in [0.5, 0.6) is 0 Å². The van der Waals surface area contributed by atoms with Crippen LogP contribution in [0.1, 0.15) is 60.5 Å². The summed E-state index contributed by atoms with van der Waals surface area (Å²) in [6, 6.07) is 10.5. The van der Waals surface area contributed by atoms with Gasteiger partial charge in [0.25, 0.3) is 5.89 Å². The molecule has 134 valence electrons. The molecule has 0 spiro atoms. The maximum absolute atomic E-state index is 12.2. The molecule has 1 aromatic heterocycles. The van der Waals surface area contributed by atoms with Gasteiger partial charge in [-0.25, -0.2) is 4.98 Å². The molecule has 1 aliphatic heterocycles. The summed E-state index contributed by atoms with van der Waals surface area (Å²) in [5.74, 6) is 0.746. The van der Waals surface area contributed by atoms with E-state index in [0.717, 1.165) is 37.8 Å². The number of aliphatic imine (C=N–C) groups is 1. The molecule has 0 aliphatic carbocycles. The molecule has 1 aliphatic rings. The average Bonchev–Trinajstić information content (AvgIpc) is 3.01. The van der Waals surface area contributed by atoms with Crippen LogP contribution in [0.15, 0.2) is 70.4 Å². The number of unbranched alkanes of at least 4 members (excludes halogenated alkanes) is 3. The maximum Gasteiger partial charge on any atom is 0.263 e. The van der Waals surface area contributed by atoms with Crippen molar-refractivity contribution in [2.75, 3.05) is 0 Å². The second kappa shape index (κ2) is 9.66. The van der Waals surface area contributed by atoms with Gasteiger partial charge in [-0.1, -0.05) is 55.3 Å². The molecular formula is C22H24N2O2. The number of hydrogen-bond acceptors (Lipinski definition) is 4. The smallest absolute Gasteiger partial charge is 0.263 e. The number of carbonyl (C=O) groups is 1. The molecule has 4 heteroatoms. The van der Waals surface area contributed by atoms with E-state index in [9.17, 15) is 4.79 Å². The number of aryl methyl sites for hydroxylation is 1. The normalized spacial score (nSPS) is 13.5. The van der Waals surface area contributed by atoms with Gasteiger partial charge in [0.1, 0.15) is 0 Å². The SMILES string of the molecule is O=C(CCCCCCc1ccccc1)c1ncc(C2=NC=CC=CC2)o1. The Labute approximate surface area is 154 Å². The first-order chi connectivity index (χ1) is 12.8. The van der Waals surface area contributed by atoms with Crippen LogP contribution in [-0.2, 0) is 6.42 Å². The molecule has 0 saturated heterocycles. The molecule has 0 N–H and O–H groups in total. The number of benzene rings is 1. The monoisotopic (exact) mass is 348 g/mol. The molecule has 2 aromatic rings. The van der Waals surface area contributed by atoms with Crippen molar-refractivity contribution >= 4 is 11.5 Å². The van der Waals surface area contributed by atoms with Gasteiger partial charge >= 0.3 is 0 Å².